The molecule has 6 atom stereocenters. The van der Waals surface area contributed by atoms with Crippen LogP contribution in [0.2, 0.25) is 0 Å². The third-order valence-electron chi connectivity index (χ3n) is 7.80. The number of rotatable bonds is 5. The first-order chi connectivity index (χ1) is 18.0. The summed E-state index contributed by atoms with van der Waals surface area (Å²) in [7, 11) is 1.35. The number of fused-ring (bicyclic) bond motifs is 3. The van der Waals surface area contributed by atoms with Gasteiger partial charge >= 0.3 is 0 Å². The predicted octanol–water partition coefficient (Wildman–Crippen LogP) is 0.822. The van der Waals surface area contributed by atoms with E-state index in [-0.39, 0.29) is 71.4 Å². The molecule has 0 amide bonds. The van der Waals surface area contributed by atoms with Gasteiger partial charge in [0.2, 0.25) is 5.78 Å². The van der Waals surface area contributed by atoms with Gasteiger partial charge in [-0.3, -0.25) is 9.59 Å². The summed E-state index contributed by atoms with van der Waals surface area (Å²) in [5, 5.41) is 53.9. The molecule has 2 aromatic carbocycles. The van der Waals surface area contributed by atoms with Crippen LogP contribution in [0.5, 0.6) is 17.2 Å². The smallest absolute Gasteiger partial charge is 0.202 e. The number of aliphatic hydroxyl groups is 3. The number of hydrogen-bond donors (Lipinski definition) is 6. The van der Waals surface area contributed by atoms with E-state index in [1.165, 1.54) is 19.2 Å². The van der Waals surface area contributed by atoms with Crippen LogP contribution in [0.1, 0.15) is 75.3 Å². The number of phenolic OH excluding ortho intramolecular Hbond substituents is 2. The Kier molecular flexibility index (Phi) is 6.70. The van der Waals surface area contributed by atoms with Crippen LogP contribution in [0.4, 0.5) is 0 Å². The lowest BCUT2D eigenvalue weighted by molar-refractivity contribution is -0.248. The molecule has 1 fully saturated rings. The van der Waals surface area contributed by atoms with E-state index in [9.17, 15) is 35.1 Å². The molecular weight excluding hydrogens is 498 g/mol. The second-order valence-corrected chi connectivity index (χ2v) is 10.2. The van der Waals surface area contributed by atoms with E-state index >= 15 is 0 Å². The van der Waals surface area contributed by atoms with Gasteiger partial charge in [0.15, 0.2) is 12.1 Å². The number of carbonyl (C=O) groups is 2. The van der Waals surface area contributed by atoms with Crippen LogP contribution in [0.15, 0.2) is 18.2 Å². The van der Waals surface area contributed by atoms with E-state index in [4.69, 9.17) is 19.9 Å². The SMILES string of the molecule is COc1cccc2c1C(=O)c1c(O)c3c(c(O)c1C2=O)C[C@@](O)(CCO)C[C@@H]3O[C@H]1C[C@@H](N)[C@H](O)C(C)O1. The Hall–Kier alpha value is -3.06. The number of benzene rings is 2. The van der Waals surface area contributed by atoms with Gasteiger partial charge in [0.25, 0.3) is 0 Å². The molecule has 204 valence electrons. The van der Waals surface area contributed by atoms with Gasteiger partial charge in [0.1, 0.15) is 17.2 Å². The van der Waals surface area contributed by atoms with Crippen molar-refractivity contribution in [1.29, 1.82) is 0 Å². The van der Waals surface area contributed by atoms with Crippen molar-refractivity contribution in [3.63, 3.8) is 0 Å². The maximum Gasteiger partial charge on any atom is 0.202 e. The fourth-order valence-electron chi connectivity index (χ4n) is 5.86. The molecule has 0 aromatic heterocycles. The molecule has 0 saturated carbocycles. The highest BCUT2D eigenvalue weighted by Gasteiger charge is 2.47. The van der Waals surface area contributed by atoms with Crippen molar-refractivity contribution >= 4 is 11.6 Å². The highest BCUT2D eigenvalue weighted by molar-refractivity contribution is 6.31. The number of methoxy groups -OCH3 is 1. The second kappa shape index (κ2) is 9.60. The van der Waals surface area contributed by atoms with Gasteiger partial charge in [0.05, 0.1) is 47.7 Å². The largest absolute Gasteiger partial charge is 0.507 e. The molecule has 1 aliphatic heterocycles. The lowest BCUT2D eigenvalue weighted by Crippen LogP contribution is -2.52. The van der Waals surface area contributed by atoms with Gasteiger partial charge in [-0.05, 0) is 19.4 Å². The zero-order valence-electron chi connectivity index (χ0n) is 21.0. The van der Waals surface area contributed by atoms with Crippen LogP contribution in [0.25, 0.3) is 0 Å². The van der Waals surface area contributed by atoms with Crippen molar-refractivity contribution in [3.05, 3.63) is 51.6 Å². The summed E-state index contributed by atoms with van der Waals surface area (Å²) in [6.07, 6.45) is -3.89. The minimum absolute atomic E-state index is 0.0165. The first kappa shape index (κ1) is 26.5. The lowest BCUT2D eigenvalue weighted by atomic mass is 9.72. The summed E-state index contributed by atoms with van der Waals surface area (Å²) in [6, 6.07) is 3.84. The zero-order chi connectivity index (χ0) is 27.5. The van der Waals surface area contributed by atoms with Crippen LogP contribution in [-0.2, 0) is 15.9 Å². The van der Waals surface area contributed by atoms with E-state index in [1.54, 1.807) is 13.0 Å². The number of aliphatic hydroxyl groups excluding tert-OH is 2. The molecule has 1 heterocycles. The van der Waals surface area contributed by atoms with Crippen LogP contribution >= 0.6 is 0 Å². The Bertz CT molecular complexity index is 1300. The average Bonchev–Trinajstić information content (AvgIpc) is 2.87. The van der Waals surface area contributed by atoms with E-state index < -0.39 is 59.3 Å². The van der Waals surface area contributed by atoms with Crippen molar-refractivity contribution in [3.8, 4) is 17.2 Å². The van der Waals surface area contributed by atoms with Gasteiger partial charge in [0, 0.05) is 48.6 Å². The Labute approximate surface area is 218 Å². The number of ketones is 2. The second-order valence-electron chi connectivity index (χ2n) is 10.2. The predicted molar refractivity (Wildman–Crippen MR) is 131 cm³/mol. The van der Waals surface area contributed by atoms with Crippen molar-refractivity contribution in [1.82, 2.24) is 0 Å². The van der Waals surface area contributed by atoms with Gasteiger partial charge < -0.3 is 45.5 Å². The fraction of sp³-hybridized carbons (Fsp3) is 0.481. The average molecular weight is 530 g/mol. The van der Waals surface area contributed by atoms with Crippen molar-refractivity contribution in [2.24, 2.45) is 5.73 Å². The normalized spacial score (nSPS) is 30.4. The minimum atomic E-state index is -1.56. The van der Waals surface area contributed by atoms with Gasteiger partial charge in [-0.1, -0.05) is 12.1 Å². The number of carbonyl (C=O) groups excluding carboxylic acids is 2. The van der Waals surface area contributed by atoms with E-state index in [2.05, 4.69) is 0 Å². The van der Waals surface area contributed by atoms with Gasteiger partial charge in [-0.15, -0.1) is 0 Å². The molecule has 11 nitrogen and oxygen atoms in total. The summed E-state index contributed by atoms with van der Waals surface area (Å²) in [6.45, 7) is 1.26. The Balaban J connectivity index is 1.66. The highest BCUT2D eigenvalue weighted by atomic mass is 16.7. The molecule has 5 rings (SSSR count). The van der Waals surface area contributed by atoms with Crippen molar-refractivity contribution < 1.29 is 49.3 Å². The third kappa shape index (κ3) is 4.06. The molecule has 7 N–H and O–H groups in total. The van der Waals surface area contributed by atoms with Gasteiger partial charge in [-0.25, -0.2) is 0 Å². The molecule has 3 aliphatic rings. The molecule has 0 spiro atoms. The topological polar surface area (TPSA) is 189 Å². The Morgan fingerprint density at radius 2 is 1.84 bits per heavy atom. The monoisotopic (exact) mass is 529 g/mol. The molecule has 2 aromatic rings. The molecule has 1 unspecified atom stereocenters. The first-order valence-corrected chi connectivity index (χ1v) is 12.5. The summed E-state index contributed by atoms with van der Waals surface area (Å²) in [5.41, 5.74) is 3.79. The number of nitrogens with two attached hydrogens (primary N) is 1. The zero-order valence-corrected chi connectivity index (χ0v) is 21.0. The Morgan fingerprint density at radius 1 is 1.13 bits per heavy atom. The van der Waals surface area contributed by atoms with E-state index in [0.29, 0.717) is 0 Å². The van der Waals surface area contributed by atoms with Crippen LogP contribution in [-0.4, -0.2) is 81.0 Å². The molecule has 11 heteroatoms. The number of phenols is 2. The standard InChI is InChI=1S/C27H31NO10/c1-11-22(30)14(28)8-17(37-11)38-16-10-27(35,6-7-29)9-13-19(16)26(34)21-20(24(13)32)23(31)12-4-3-5-15(36-2)18(12)25(21)33/h3-5,11,14,16-17,22,29-30,32,34-35H,6-10,28H2,1-2H3/t11?,14-,16+,17+,22-,27+/m1/s1. The lowest BCUT2D eigenvalue weighted by Gasteiger charge is -2.42. The molecular formula is C27H31NO10. The van der Waals surface area contributed by atoms with Crippen molar-refractivity contribution in [2.45, 2.75) is 68.9 Å². The van der Waals surface area contributed by atoms with Gasteiger partial charge in [-0.2, -0.15) is 0 Å². The van der Waals surface area contributed by atoms with E-state index in [1.807, 2.05) is 0 Å². The molecule has 38 heavy (non-hydrogen) atoms. The minimum Gasteiger partial charge on any atom is -0.507 e. The Morgan fingerprint density at radius 3 is 2.50 bits per heavy atom. The maximum atomic E-state index is 13.6. The highest BCUT2D eigenvalue weighted by Crippen LogP contribution is 2.52. The number of ether oxygens (including phenoxy) is 3. The summed E-state index contributed by atoms with van der Waals surface area (Å²) < 4.78 is 17.2. The molecule has 2 aliphatic carbocycles. The maximum absolute atomic E-state index is 13.6. The molecule has 0 bridgehead atoms. The number of aromatic hydroxyl groups is 2. The number of hydrogen-bond acceptors (Lipinski definition) is 11. The van der Waals surface area contributed by atoms with Crippen molar-refractivity contribution in [2.75, 3.05) is 13.7 Å². The fourth-order valence-corrected chi connectivity index (χ4v) is 5.86. The van der Waals surface area contributed by atoms with E-state index in [0.717, 1.165) is 0 Å². The van der Waals surface area contributed by atoms with Crippen LogP contribution in [0.3, 0.4) is 0 Å². The third-order valence-corrected chi connectivity index (χ3v) is 7.80. The first-order valence-electron chi connectivity index (χ1n) is 12.5. The molecule has 0 radical (unpaired) electrons. The summed E-state index contributed by atoms with van der Waals surface area (Å²) >= 11 is 0. The quantitative estimate of drug-likeness (QED) is 0.257. The van der Waals surface area contributed by atoms with Crippen LogP contribution < -0.4 is 10.5 Å². The summed E-state index contributed by atoms with van der Waals surface area (Å²) in [5.74, 6) is -2.33. The molecule has 1 saturated heterocycles. The summed E-state index contributed by atoms with van der Waals surface area (Å²) in [4.78, 5) is 27.1. The van der Waals surface area contributed by atoms with Crippen LogP contribution in [0, 0.1) is 0 Å².